The number of aryl methyl sites for hydroxylation is 1. The van der Waals surface area contributed by atoms with Gasteiger partial charge in [0.15, 0.2) is 0 Å². The van der Waals surface area contributed by atoms with Crippen LogP contribution in [0.3, 0.4) is 0 Å². The summed E-state index contributed by atoms with van der Waals surface area (Å²) in [6.45, 7) is 4.94. The van der Waals surface area contributed by atoms with Gasteiger partial charge in [-0.15, -0.1) is 0 Å². The first kappa shape index (κ1) is 22.2. The lowest BCUT2D eigenvalue weighted by Crippen LogP contribution is -2.26. The number of imidazole rings is 1. The summed E-state index contributed by atoms with van der Waals surface area (Å²) >= 11 is 12.5. The van der Waals surface area contributed by atoms with Crippen molar-refractivity contribution in [2.45, 2.75) is 43.9 Å². The zero-order valence-corrected chi connectivity index (χ0v) is 20.4. The number of halogens is 2. The highest BCUT2D eigenvalue weighted by atomic mass is 35.5. The van der Waals surface area contributed by atoms with E-state index in [1.54, 1.807) is 24.3 Å². The maximum atomic E-state index is 13.7. The van der Waals surface area contributed by atoms with Crippen molar-refractivity contribution in [1.29, 1.82) is 0 Å². The van der Waals surface area contributed by atoms with E-state index in [0.717, 1.165) is 37.0 Å². The number of benzene rings is 2. The van der Waals surface area contributed by atoms with E-state index in [-0.39, 0.29) is 4.90 Å². The van der Waals surface area contributed by atoms with Gasteiger partial charge in [0.1, 0.15) is 5.82 Å². The van der Waals surface area contributed by atoms with Crippen LogP contribution in [0.4, 0.5) is 0 Å². The standard InChI is InChI=1S/C24H27Cl2N3O2S/c1-16-6-8-19(9-7-16)32(30,31)29-23-13-21(26)20(25)12-22(23)27-24(29)10-11-28-14-17-4-2-3-5-18(17)15-28/h6-9,12-13,17-18H,2-5,10-11,14-15H2,1H3. The molecule has 170 valence electrons. The molecule has 1 saturated heterocycles. The molecule has 0 bridgehead atoms. The van der Waals surface area contributed by atoms with Gasteiger partial charge in [0.2, 0.25) is 0 Å². The van der Waals surface area contributed by atoms with Crippen LogP contribution in [0.5, 0.6) is 0 Å². The Hall–Kier alpha value is -1.60. The molecule has 5 rings (SSSR count). The Kier molecular flexibility index (Phi) is 5.99. The molecule has 1 aliphatic heterocycles. The zero-order chi connectivity index (χ0) is 22.5. The van der Waals surface area contributed by atoms with E-state index in [1.165, 1.54) is 29.7 Å². The fraction of sp³-hybridized carbons (Fsp3) is 0.458. The SMILES string of the molecule is Cc1ccc(S(=O)(=O)n2c(CCN3CC4CCCCC4C3)nc3cc(Cl)c(Cl)cc32)cc1. The minimum Gasteiger partial charge on any atom is -0.302 e. The fourth-order valence-corrected chi connectivity index (χ4v) is 7.11. The van der Waals surface area contributed by atoms with Crippen molar-refractivity contribution >= 4 is 44.3 Å². The van der Waals surface area contributed by atoms with Crippen LogP contribution in [-0.2, 0) is 16.4 Å². The van der Waals surface area contributed by atoms with E-state index < -0.39 is 10.0 Å². The monoisotopic (exact) mass is 491 g/mol. The lowest BCUT2D eigenvalue weighted by atomic mass is 9.82. The van der Waals surface area contributed by atoms with Crippen molar-refractivity contribution in [3.8, 4) is 0 Å². The van der Waals surface area contributed by atoms with Gasteiger partial charge in [-0.1, -0.05) is 53.7 Å². The molecule has 1 aromatic heterocycles. The molecule has 1 saturated carbocycles. The molecule has 2 atom stereocenters. The van der Waals surface area contributed by atoms with Gasteiger partial charge in [-0.25, -0.2) is 17.4 Å². The smallest absolute Gasteiger partial charge is 0.269 e. The van der Waals surface area contributed by atoms with Crippen LogP contribution in [0.2, 0.25) is 10.0 Å². The Morgan fingerprint density at radius 1 is 1.00 bits per heavy atom. The largest absolute Gasteiger partial charge is 0.302 e. The quantitative estimate of drug-likeness (QED) is 0.469. The zero-order valence-electron chi connectivity index (χ0n) is 18.1. The van der Waals surface area contributed by atoms with Gasteiger partial charge in [-0.05, 0) is 55.9 Å². The van der Waals surface area contributed by atoms with Gasteiger partial charge in [0.05, 0.1) is 26.0 Å². The number of aromatic nitrogens is 2. The second-order valence-corrected chi connectivity index (χ2v) is 11.8. The molecule has 0 N–H and O–H groups in total. The predicted molar refractivity (Wildman–Crippen MR) is 129 cm³/mol. The van der Waals surface area contributed by atoms with E-state index >= 15 is 0 Å². The molecular formula is C24H27Cl2N3O2S. The van der Waals surface area contributed by atoms with E-state index in [2.05, 4.69) is 9.88 Å². The number of hydrogen-bond donors (Lipinski definition) is 0. The molecule has 8 heteroatoms. The average Bonchev–Trinajstić information content (AvgIpc) is 3.33. The summed E-state index contributed by atoms with van der Waals surface area (Å²) in [5.74, 6) is 2.10. The molecule has 2 fully saturated rings. The van der Waals surface area contributed by atoms with Crippen molar-refractivity contribution in [2.24, 2.45) is 11.8 Å². The number of likely N-dealkylation sites (tertiary alicyclic amines) is 1. The Balaban J connectivity index is 1.51. The van der Waals surface area contributed by atoms with Crippen molar-refractivity contribution in [2.75, 3.05) is 19.6 Å². The summed E-state index contributed by atoms with van der Waals surface area (Å²) < 4.78 is 28.7. The van der Waals surface area contributed by atoms with Crippen molar-refractivity contribution in [3.05, 3.63) is 57.8 Å². The number of hydrogen-bond acceptors (Lipinski definition) is 4. The summed E-state index contributed by atoms with van der Waals surface area (Å²) in [7, 11) is -3.83. The highest BCUT2D eigenvalue weighted by molar-refractivity contribution is 7.90. The number of fused-ring (bicyclic) bond motifs is 2. The Bertz CT molecular complexity index is 1240. The first-order chi connectivity index (χ1) is 15.3. The highest BCUT2D eigenvalue weighted by Crippen LogP contribution is 2.36. The van der Waals surface area contributed by atoms with Gasteiger partial charge in [-0.3, -0.25) is 0 Å². The maximum Gasteiger partial charge on any atom is 0.269 e. The lowest BCUT2D eigenvalue weighted by Gasteiger charge is -2.23. The fourth-order valence-electron chi connectivity index (χ4n) is 5.29. The van der Waals surface area contributed by atoms with Crippen LogP contribution in [-0.4, -0.2) is 41.9 Å². The summed E-state index contributed by atoms with van der Waals surface area (Å²) in [6, 6.07) is 10.1. The van der Waals surface area contributed by atoms with Crippen LogP contribution < -0.4 is 0 Å². The molecule has 0 radical (unpaired) electrons. The van der Waals surface area contributed by atoms with Crippen LogP contribution in [0.15, 0.2) is 41.3 Å². The Morgan fingerprint density at radius 3 is 2.28 bits per heavy atom. The second-order valence-electron chi connectivity index (χ2n) is 9.18. The van der Waals surface area contributed by atoms with Gasteiger partial charge >= 0.3 is 0 Å². The van der Waals surface area contributed by atoms with Gasteiger partial charge in [0, 0.05) is 26.1 Å². The first-order valence-corrected chi connectivity index (χ1v) is 13.4. The molecule has 2 unspecified atom stereocenters. The maximum absolute atomic E-state index is 13.7. The van der Waals surface area contributed by atoms with Crippen molar-refractivity contribution in [1.82, 2.24) is 13.9 Å². The van der Waals surface area contributed by atoms with Crippen LogP contribution in [0, 0.1) is 18.8 Å². The Morgan fingerprint density at radius 2 is 1.62 bits per heavy atom. The second kappa shape index (κ2) is 8.64. The molecule has 2 heterocycles. The highest BCUT2D eigenvalue weighted by Gasteiger charge is 2.34. The molecule has 3 aromatic rings. The van der Waals surface area contributed by atoms with Gasteiger partial charge in [0.25, 0.3) is 10.0 Å². The summed E-state index contributed by atoms with van der Waals surface area (Å²) in [5.41, 5.74) is 2.01. The van der Waals surface area contributed by atoms with Crippen LogP contribution in [0.25, 0.3) is 11.0 Å². The summed E-state index contributed by atoms with van der Waals surface area (Å²) in [5, 5.41) is 0.682. The van der Waals surface area contributed by atoms with Crippen LogP contribution >= 0.6 is 23.2 Å². The normalized spacial score (nSPS) is 21.8. The van der Waals surface area contributed by atoms with Crippen molar-refractivity contribution in [3.63, 3.8) is 0 Å². The topological polar surface area (TPSA) is 55.2 Å². The van der Waals surface area contributed by atoms with E-state index in [1.807, 2.05) is 19.1 Å². The van der Waals surface area contributed by atoms with Crippen molar-refractivity contribution < 1.29 is 8.42 Å². The molecule has 1 aliphatic carbocycles. The number of rotatable bonds is 5. The minimum absolute atomic E-state index is 0.238. The molecule has 0 amide bonds. The lowest BCUT2D eigenvalue weighted by molar-refractivity contribution is 0.299. The molecule has 32 heavy (non-hydrogen) atoms. The van der Waals surface area contributed by atoms with E-state index in [0.29, 0.717) is 33.3 Å². The summed E-state index contributed by atoms with van der Waals surface area (Å²) in [4.78, 5) is 7.40. The van der Waals surface area contributed by atoms with E-state index in [4.69, 9.17) is 23.2 Å². The average molecular weight is 492 g/mol. The summed E-state index contributed by atoms with van der Waals surface area (Å²) in [6.07, 6.45) is 5.85. The predicted octanol–water partition coefficient (Wildman–Crippen LogP) is 5.55. The minimum atomic E-state index is -3.83. The van der Waals surface area contributed by atoms with Crippen LogP contribution in [0.1, 0.15) is 37.1 Å². The molecule has 0 spiro atoms. The Labute approximate surface area is 199 Å². The van der Waals surface area contributed by atoms with Gasteiger partial charge in [-0.2, -0.15) is 0 Å². The number of nitrogens with zero attached hydrogens (tertiary/aromatic N) is 3. The third-order valence-electron chi connectivity index (χ3n) is 6.98. The molecule has 2 aliphatic rings. The third-order valence-corrected chi connectivity index (χ3v) is 9.46. The van der Waals surface area contributed by atoms with E-state index in [9.17, 15) is 8.42 Å². The third kappa shape index (κ3) is 4.07. The molecule has 2 aromatic carbocycles. The first-order valence-electron chi connectivity index (χ1n) is 11.2. The molecule has 5 nitrogen and oxygen atoms in total. The molecular weight excluding hydrogens is 465 g/mol. The van der Waals surface area contributed by atoms with Gasteiger partial charge < -0.3 is 4.90 Å².